The molecule has 0 bridgehead atoms. The third kappa shape index (κ3) is 1.55. The van der Waals surface area contributed by atoms with Crippen molar-refractivity contribution in [3.05, 3.63) is 33.0 Å². The number of benzene rings is 1. The van der Waals surface area contributed by atoms with Crippen molar-refractivity contribution in [3.8, 4) is 0 Å². The molecule has 0 unspecified atom stereocenters. The molecule has 0 radical (unpaired) electrons. The number of nitrogens with zero attached hydrogens (tertiary/aromatic N) is 2. The molecule has 0 heterocycles. The highest BCUT2D eigenvalue weighted by molar-refractivity contribution is 9.10. The van der Waals surface area contributed by atoms with Gasteiger partial charge in [0, 0.05) is 5.56 Å². The van der Waals surface area contributed by atoms with Crippen LogP contribution in [0.4, 0.5) is 10.1 Å². The quantitative estimate of drug-likeness (QED) is 0.611. The topological polar surface area (TPSA) is 28.1 Å². The predicted molar refractivity (Wildman–Crippen MR) is 43.6 cm³/mol. The van der Waals surface area contributed by atoms with Gasteiger partial charge in [0.25, 0.3) is 0 Å². The van der Waals surface area contributed by atoms with Crippen LogP contribution in [0.1, 0.15) is 5.56 Å². The average Bonchev–Trinajstić information content (AvgIpc) is 1.85. The first-order valence-corrected chi connectivity index (χ1v) is 3.75. The van der Waals surface area contributed by atoms with Crippen LogP contribution in [0.3, 0.4) is 0 Å². The maximum absolute atomic E-state index is 12.6. The Morgan fingerprint density at radius 3 is 2.64 bits per heavy atom. The molecule has 0 amide bonds. The van der Waals surface area contributed by atoms with Gasteiger partial charge in [-0.15, -0.1) is 0 Å². The van der Waals surface area contributed by atoms with Gasteiger partial charge >= 0.3 is 5.69 Å². The zero-order valence-corrected chi connectivity index (χ0v) is 7.39. The van der Waals surface area contributed by atoms with Gasteiger partial charge in [0.15, 0.2) is 4.98 Å². The largest absolute Gasteiger partial charge is 0.402 e. The van der Waals surface area contributed by atoms with E-state index in [0.717, 1.165) is 0 Å². The van der Waals surface area contributed by atoms with Gasteiger partial charge in [-0.3, -0.25) is 0 Å². The monoisotopic (exact) mass is 215 g/mol. The van der Waals surface area contributed by atoms with E-state index in [4.69, 9.17) is 5.39 Å². The Morgan fingerprint density at radius 2 is 2.18 bits per heavy atom. The fourth-order valence-electron chi connectivity index (χ4n) is 0.821. The third-order valence-electron chi connectivity index (χ3n) is 1.32. The molecule has 0 aromatic heterocycles. The molecular weight excluding hydrogens is 211 g/mol. The van der Waals surface area contributed by atoms with Gasteiger partial charge in [0.2, 0.25) is 5.39 Å². The smallest absolute Gasteiger partial charge is 0.207 e. The summed E-state index contributed by atoms with van der Waals surface area (Å²) in [5.74, 6) is -0.346. The lowest BCUT2D eigenvalue weighted by Gasteiger charge is -1.90. The van der Waals surface area contributed by atoms with E-state index in [1.165, 1.54) is 12.1 Å². The highest BCUT2D eigenvalue weighted by atomic mass is 79.9. The van der Waals surface area contributed by atoms with Crippen LogP contribution in [-0.4, -0.2) is 0 Å². The van der Waals surface area contributed by atoms with E-state index in [1.807, 2.05) is 0 Å². The van der Waals surface area contributed by atoms with E-state index < -0.39 is 0 Å². The number of hydrogen-bond donors (Lipinski definition) is 0. The maximum Gasteiger partial charge on any atom is 0.402 e. The summed E-state index contributed by atoms with van der Waals surface area (Å²) in [5, 5.41) is 8.46. The molecule has 0 fully saturated rings. The van der Waals surface area contributed by atoms with Crippen molar-refractivity contribution in [2.24, 2.45) is 0 Å². The van der Waals surface area contributed by atoms with E-state index in [2.05, 4.69) is 20.9 Å². The molecule has 1 aromatic rings. The van der Waals surface area contributed by atoms with E-state index in [9.17, 15) is 4.39 Å². The normalized spacial score (nSPS) is 9.27. The molecule has 0 N–H and O–H groups in total. The number of halogens is 2. The number of aryl methyl sites for hydroxylation is 1. The van der Waals surface area contributed by atoms with Crippen LogP contribution in [-0.2, 0) is 0 Å². The first kappa shape index (κ1) is 8.15. The molecule has 1 aromatic carbocycles. The zero-order valence-electron chi connectivity index (χ0n) is 5.81. The van der Waals surface area contributed by atoms with Gasteiger partial charge in [-0.05, 0) is 35.0 Å². The predicted octanol–water partition coefficient (Wildman–Crippen LogP) is 3.38. The van der Waals surface area contributed by atoms with E-state index in [0.29, 0.717) is 15.7 Å². The van der Waals surface area contributed by atoms with Crippen LogP contribution in [0.25, 0.3) is 4.98 Å². The highest BCUT2D eigenvalue weighted by Gasteiger charge is 2.16. The third-order valence-corrected chi connectivity index (χ3v) is 1.92. The van der Waals surface area contributed by atoms with Crippen LogP contribution in [0, 0.1) is 18.1 Å². The summed E-state index contributed by atoms with van der Waals surface area (Å²) in [7, 11) is 0. The first-order valence-electron chi connectivity index (χ1n) is 2.96. The number of hydrogen-bond acceptors (Lipinski definition) is 1. The summed E-state index contributed by atoms with van der Waals surface area (Å²) < 4.78 is 13.0. The molecule has 0 aliphatic rings. The number of diazo groups is 1. The van der Waals surface area contributed by atoms with Crippen LogP contribution in [0.15, 0.2) is 16.6 Å². The molecule has 0 atom stereocenters. The summed E-state index contributed by atoms with van der Waals surface area (Å²) >= 11 is 3.06. The fourth-order valence-corrected chi connectivity index (χ4v) is 1.43. The highest BCUT2D eigenvalue weighted by Crippen LogP contribution is 2.29. The minimum Gasteiger partial charge on any atom is -0.207 e. The Bertz CT molecular complexity index is 307. The van der Waals surface area contributed by atoms with E-state index in [1.54, 1.807) is 6.92 Å². The summed E-state index contributed by atoms with van der Waals surface area (Å²) in [6, 6.07) is 2.56. The minimum atomic E-state index is -0.346. The molecule has 0 spiro atoms. The van der Waals surface area contributed by atoms with Crippen molar-refractivity contribution in [2.75, 3.05) is 0 Å². The van der Waals surface area contributed by atoms with Gasteiger partial charge < -0.3 is 0 Å². The molecule has 0 aliphatic carbocycles. The standard InChI is InChI=1S/C7H5BrFN2/c1-4-2-5(9)3-6(8)7(4)11-10/h2-3H,1H3/q+1. The Morgan fingerprint density at radius 1 is 1.55 bits per heavy atom. The molecule has 56 valence electrons. The lowest BCUT2D eigenvalue weighted by atomic mass is 10.2. The molecular formula is C7H5BrFN2+. The summed E-state index contributed by atoms with van der Waals surface area (Å²) in [6.45, 7) is 1.67. The van der Waals surface area contributed by atoms with Crippen molar-refractivity contribution < 1.29 is 4.39 Å². The van der Waals surface area contributed by atoms with Crippen molar-refractivity contribution in [3.63, 3.8) is 0 Å². The average molecular weight is 216 g/mol. The maximum atomic E-state index is 12.6. The van der Waals surface area contributed by atoms with Crippen LogP contribution in [0.5, 0.6) is 0 Å². The second-order valence-electron chi connectivity index (χ2n) is 2.15. The molecule has 1 rings (SSSR count). The Balaban J connectivity index is 3.40. The van der Waals surface area contributed by atoms with Crippen LogP contribution < -0.4 is 0 Å². The molecule has 11 heavy (non-hydrogen) atoms. The molecule has 0 aliphatic heterocycles. The Labute approximate surface area is 71.8 Å². The lowest BCUT2D eigenvalue weighted by Crippen LogP contribution is -1.78. The van der Waals surface area contributed by atoms with Gasteiger partial charge in [-0.1, -0.05) is 0 Å². The van der Waals surface area contributed by atoms with Gasteiger partial charge in [0.05, 0.1) is 0 Å². The van der Waals surface area contributed by atoms with Crippen molar-refractivity contribution in [1.29, 1.82) is 5.39 Å². The molecule has 4 heteroatoms. The first-order chi connectivity index (χ1) is 5.15. The fraction of sp³-hybridized carbons (Fsp3) is 0.143. The molecule has 2 nitrogen and oxygen atoms in total. The molecule has 0 saturated carbocycles. The van der Waals surface area contributed by atoms with Crippen molar-refractivity contribution >= 4 is 21.6 Å². The minimum absolute atomic E-state index is 0.346. The van der Waals surface area contributed by atoms with Crippen molar-refractivity contribution in [2.45, 2.75) is 6.92 Å². The Hall–Kier alpha value is -0.950. The lowest BCUT2D eigenvalue weighted by molar-refractivity contribution is 0.626. The van der Waals surface area contributed by atoms with Crippen molar-refractivity contribution in [1.82, 2.24) is 0 Å². The van der Waals surface area contributed by atoms with Gasteiger partial charge in [0.1, 0.15) is 10.3 Å². The van der Waals surface area contributed by atoms with Crippen LogP contribution >= 0.6 is 15.9 Å². The second kappa shape index (κ2) is 2.97. The molecule has 0 saturated heterocycles. The van der Waals surface area contributed by atoms with Gasteiger partial charge in [-0.25, -0.2) is 4.39 Å². The van der Waals surface area contributed by atoms with Gasteiger partial charge in [-0.2, -0.15) is 0 Å². The summed E-state index contributed by atoms with van der Waals surface area (Å²) in [4.78, 5) is 3.00. The second-order valence-corrected chi connectivity index (χ2v) is 3.01. The summed E-state index contributed by atoms with van der Waals surface area (Å²) in [5.41, 5.74) is 0.964. The zero-order chi connectivity index (χ0) is 8.43. The van der Waals surface area contributed by atoms with E-state index in [-0.39, 0.29) is 5.82 Å². The van der Waals surface area contributed by atoms with Crippen LogP contribution in [0.2, 0.25) is 0 Å². The number of rotatable bonds is 0. The van der Waals surface area contributed by atoms with E-state index >= 15 is 0 Å². The summed E-state index contributed by atoms with van der Waals surface area (Å²) in [6.07, 6.45) is 0. The Kier molecular flexibility index (Phi) is 2.20. The SMILES string of the molecule is Cc1cc(F)cc(Br)c1[N+]#N.